The summed E-state index contributed by atoms with van der Waals surface area (Å²) in [7, 11) is 0. The molecule has 0 unspecified atom stereocenters. The van der Waals surface area contributed by atoms with Gasteiger partial charge < -0.3 is 5.11 Å². The Bertz CT molecular complexity index is 191. The molecule has 0 aliphatic carbocycles. The van der Waals surface area contributed by atoms with Crippen LogP contribution in [0.25, 0.3) is 0 Å². The number of hydrogen-bond donors (Lipinski definition) is 1. The normalized spacial score (nSPS) is 8.67. The van der Waals surface area contributed by atoms with Crippen LogP contribution in [0.3, 0.4) is 0 Å². The molecule has 0 saturated carbocycles. The molecule has 0 spiro atoms. The summed E-state index contributed by atoms with van der Waals surface area (Å²) in [6, 6.07) is 3.74. The van der Waals surface area contributed by atoms with Crippen molar-refractivity contribution in [2.45, 2.75) is 33.8 Å². The van der Waals surface area contributed by atoms with E-state index in [0.29, 0.717) is 0 Å². The minimum Gasteiger partial charge on any atom is -0.392 e. The van der Waals surface area contributed by atoms with Crippen molar-refractivity contribution in [3.63, 3.8) is 0 Å². The Kier molecular flexibility index (Phi) is 6.29. The van der Waals surface area contributed by atoms with E-state index in [1.54, 1.807) is 6.20 Å². The molecule has 1 N–H and O–H groups in total. The van der Waals surface area contributed by atoms with E-state index in [1.165, 1.54) is 0 Å². The number of pyridine rings is 1. The van der Waals surface area contributed by atoms with Gasteiger partial charge in [0.05, 0.1) is 6.61 Å². The van der Waals surface area contributed by atoms with Crippen molar-refractivity contribution in [3.05, 3.63) is 29.6 Å². The van der Waals surface area contributed by atoms with Crippen LogP contribution in [0.2, 0.25) is 0 Å². The van der Waals surface area contributed by atoms with Crippen LogP contribution in [0.1, 0.15) is 32.0 Å². The average molecular weight is 167 g/mol. The largest absolute Gasteiger partial charge is 0.392 e. The van der Waals surface area contributed by atoms with Gasteiger partial charge in [-0.2, -0.15) is 0 Å². The predicted octanol–water partition coefficient (Wildman–Crippen LogP) is 2.16. The fourth-order valence-corrected chi connectivity index (χ4v) is 0.820. The lowest BCUT2D eigenvalue weighted by atomic mass is 10.2. The number of aromatic nitrogens is 1. The molecule has 12 heavy (non-hydrogen) atoms. The number of aryl methyl sites for hydroxylation is 1. The molecular weight excluding hydrogens is 150 g/mol. The van der Waals surface area contributed by atoms with Crippen molar-refractivity contribution >= 4 is 0 Å². The summed E-state index contributed by atoms with van der Waals surface area (Å²) in [5.41, 5.74) is 1.97. The van der Waals surface area contributed by atoms with Crippen LogP contribution in [0, 0.1) is 0 Å². The first-order chi connectivity index (χ1) is 5.86. The lowest BCUT2D eigenvalue weighted by Gasteiger charge is -1.97. The Morgan fingerprint density at radius 2 is 2.08 bits per heavy atom. The van der Waals surface area contributed by atoms with Gasteiger partial charge in [-0.25, -0.2) is 0 Å². The SMILES string of the molecule is CC.CCc1cc(CO)ccn1. The number of hydrogen-bond acceptors (Lipinski definition) is 2. The van der Waals surface area contributed by atoms with E-state index in [-0.39, 0.29) is 6.61 Å². The van der Waals surface area contributed by atoms with E-state index in [4.69, 9.17) is 5.11 Å². The molecule has 0 atom stereocenters. The summed E-state index contributed by atoms with van der Waals surface area (Å²) in [4.78, 5) is 4.09. The summed E-state index contributed by atoms with van der Waals surface area (Å²) in [6.45, 7) is 6.15. The molecule has 1 aromatic heterocycles. The highest BCUT2D eigenvalue weighted by atomic mass is 16.3. The van der Waals surface area contributed by atoms with Crippen LogP contribution in [0.5, 0.6) is 0 Å². The lowest BCUT2D eigenvalue weighted by Crippen LogP contribution is -1.89. The Balaban J connectivity index is 0.000000561. The van der Waals surface area contributed by atoms with Gasteiger partial charge in [0.25, 0.3) is 0 Å². The smallest absolute Gasteiger partial charge is 0.0683 e. The Hall–Kier alpha value is -0.890. The van der Waals surface area contributed by atoms with Crippen molar-refractivity contribution in [2.24, 2.45) is 0 Å². The standard InChI is InChI=1S/C8H11NO.C2H6/c1-2-8-5-7(6-10)3-4-9-8;1-2/h3-5,10H,2,6H2,1H3;1-2H3. The maximum absolute atomic E-state index is 8.73. The third-order valence-corrected chi connectivity index (χ3v) is 1.43. The first-order valence-corrected chi connectivity index (χ1v) is 4.41. The molecule has 0 bridgehead atoms. The summed E-state index contributed by atoms with van der Waals surface area (Å²) >= 11 is 0. The monoisotopic (exact) mass is 167 g/mol. The molecule has 0 radical (unpaired) electrons. The maximum Gasteiger partial charge on any atom is 0.0683 e. The van der Waals surface area contributed by atoms with E-state index in [1.807, 2.05) is 32.9 Å². The zero-order valence-corrected chi connectivity index (χ0v) is 8.04. The molecule has 0 saturated heterocycles. The van der Waals surface area contributed by atoms with Gasteiger partial charge in [0.1, 0.15) is 0 Å². The van der Waals surface area contributed by atoms with Crippen molar-refractivity contribution in [1.29, 1.82) is 0 Å². The van der Waals surface area contributed by atoms with Crippen molar-refractivity contribution in [3.8, 4) is 0 Å². The minimum atomic E-state index is 0.107. The summed E-state index contributed by atoms with van der Waals surface area (Å²) in [5, 5.41) is 8.73. The second-order valence-electron chi connectivity index (χ2n) is 2.17. The molecule has 0 fully saturated rings. The van der Waals surface area contributed by atoms with Gasteiger partial charge in [-0.15, -0.1) is 0 Å². The summed E-state index contributed by atoms with van der Waals surface area (Å²) < 4.78 is 0. The van der Waals surface area contributed by atoms with Crippen LogP contribution in [-0.4, -0.2) is 10.1 Å². The molecule has 0 aromatic carbocycles. The van der Waals surface area contributed by atoms with Gasteiger partial charge in [0.2, 0.25) is 0 Å². The fraction of sp³-hybridized carbons (Fsp3) is 0.500. The van der Waals surface area contributed by atoms with Crippen molar-refractivity contribution in [2.75, 3.05) is 0 Å². The van der Waals surface area contributed by atoms with E-state index >= 15 is 0 Å². The quantitative estimate of drug-likeness (QED) is 0.732. The number of aliphatic hydroxyl groups excluding tert-OH is 1. The highest BCUT2D eigenvalue weighted by Gasteiger charge is 1.91. The highest BCUT2D eigenvalue weighted by molar-refractivity contribution is 5.15. The zero-order valence-electron chi connectivity index (χ0n) is 8.04. The molecular formula is C10H17NO. The van der Waals surface area contributed by atoms with Crippen molar-refractivity contribution < 1.29 is 5.11 Å². The van der Waals surface area contributed by atoms with Crippen LogP contribution < -0.4 is 0 Å². The molecule has 2 heteroatoms. The second-order valence-corrected chi connectivity index (χ2v) is 2.17. The van der Waals surface area contributed by atoms with E-state index in [2.05, 4.69) is 4.98 Å². The number of rotatable bonds is 2. The number of aliphatic hydroxyl groups is 1. The van der Waals surface area contributed by atoms with E-state index in [0.717, 1.165) is 17.7 Å². The Morgan fingerprint density at radius 3 is 2.58 bits per heavy atom. The maximum atomic E-state index is 8.73. The Labute approximate surface area is 74.3 Å². The van der Waals surface area contributed by atoms with Gasteiger partial charge in [-0.05, 0) is 24.1 Å². The molecule has 1 rings (SSSR count). The topological polar surface area (TPSA) is 33.1 Å². The van der Waals surface area contributed by atoms with E-state index in [9.17, 15) is 0 Å². The first-order valence-electron chi connectivity index (χ1n) is 4.41. The molecule has 0 aliphatic rings. The fourth-order valence-electron chi connectivity index (χ4n) is 0.820. The highest BCUT2D eigenvalue weighted by Crippen LogP contribution is 2.01. The zero-order chi connectivity index (χ0) is 9.40. The third kappa shape index (κ3) is 3.49. The van der Waals surface area contributed by atoms with Gasteiger partial charge >= 0.3 is 0 Å². The van der Waals surface area contributed by atoms with Gasteiger partial charge in [-0.3, -0.25) is 4.98 Å². The van der Waals surface area contributed by atoms with Gasteiger partial charge in [-0.1, -0.05) is 20.8 Å². The summed E-state index contributed by atoms with van der Waals surface area (Å²) in [6.07, 6.45) is 2.65. The average Bonchev–Trinajstić information content (AvgIpc) is 2.21. The number of nitrogens with zero attached hydrogens (tertiary/aromatic N) is 1. The molecule has 2 nitrogen and oxygen atoms in total. The summed E-state index contributed by atoms with van der Waals surface area (Å²) in [5.74, 6) is 0. The molecule has 68 valence electrons. The molecule has 0 amide bonds. The molecule has 1 aromatic rings. The van der Waals surface area contributed by atoms with Crippen molar-refractivity contribution in [1.82, 2.24) is 4.98 Å². The van der Waals surface area contributed by atoms with Crippen LogP contribution in [0.15, 0.2) is 18.3 Å². The molecule has 0 aliphatic heterocycles. The van der Waals surface area contributed by atoms with Crippen LogP contribution in [0.4, 0.5) is 0 Å². The minimum absolute atomic E-state index is 0.107. The Morgan fingerprint density at radius 1 is 1.42 bits per heavy atom. The second kappa shape index (κ2) is 6.80. The van der Waals surface area contributed by atoms with Crippen LogP contribution >= 0.6 is 0 Å². The first kappa shape index (κ1) is 11.1. The third-order valence-electron chi connectivity index (χ3n) is 1.43. The van der Waals surface area contributed by atoms with Gasteiger partial charge in [0, 0.05) is 11.9 Å². The lowest BCUT2D eigenvalue weighted by molar-refractivity contribution is 0.281. The van der Waals surface area contributed by atoms with Crippen LogP contribution in [-0.2, 0) is 13.0 Å². The molecule has 1 heterocycles. The van der Waals surface area contributed by atoms with Gasteiger partial charge in [0.15, 0.2) is 0 Å². The predicted molar refractivity (Wildman–Crippen MR) is 50.9 cm³/mol. The van der Waals surface area contributed by atoms with E-state index < -0.39 is 0 Å².